The molecule has 4 heteroatoms. The minimum absolute atomic E-state index is 0.713. The van der Waals surface area contributed by atoms with E-state index in [1.165, 1.54) is 11.1 Å². The highest BCUT2D eigenvalue weighted by atomic mass is 19.1. The van der Waals surface area contributed by atoms with Gasteiger partial charge in [0.05, 0.1) is 0 Å². The van der Waals surface area contributed by atoms with Gasteiger partial charge in [-0.25, -0.2) is 0 Å². The number of rotatable bonds is 4. The van der Waals surface area contributed by atoms with Crippen molar-refractivity contribution >= 4 is 18.5 Å². The third kappa shape index (κ3) is 3.72. The first-order valence-corrected chi connectivity index (χ1v) is 8.56. The minimum atomic E-state index is -1.38. The summed E-state index contributed by atoms with van der Waals surface area (Å²) in [5, 5.41) is 0. The minimum Gasteiger partial charge on any atom is -0.338 e. The van der Waals surface area contributed by atoms with Crippen molar-refractivity contribution in [2.75, 3.05) is 0 Å². The van der Waals surface area contributed by atoms with Gasteiger partial charge in [-0.15, -0.1) is 12.3 Å². The van der Waals surface area contributed by atoms with Crippen molar-refractivity contribution in [1.82, 2.24) is 4.48 Å². The standard InChI is InChI=1S/C20H26BFN2/c1-7-8-9-10-11-19-18(6)14(2)12-16(4)23-21(22)24-17(5)13-15(3)20(19)24/h1,12-13H,8-11H2,2-6H3/b14-12-,19-18+,23-16+. The van der Waals surface area contributed by atoms with Gasteiger partial charge in [-0.05, 0) is 88.3 Å². The van der Waals surface area contributed by atoms with Crippen LogP contribution in [0.5, 0.6) is 0 Å². The Morgan fingerprint density at radius 3 is 2.58 bits per heavy atom. The molecule has 1 aromatic rings. The molecular formula is C20H26BFN2. The van der Waals surface area contributed by atoms with E-state index in [2.05, 4.69) is 24.7 Å². The van der Waals surface area contributed by atoms with Crippen LogP contribution in [0.25, 0.3) is 5.57 Å². The summed E-state index contributed by atoms with van der Waals surface area (Å²) in [5.74, 6) is 2.69. The lowest BCUT2D eigenvalue weighted by molar-refractivity contribution is 0.761. The summed E-state index contributed by atoms with van der Waals surface area (Å²) >= 11 is 0. The number of terminal acetylenes is 1. The van der Waals surface area contributed by atoms with Crippen LogP contribution in [0.15, 0.2) is 28.2 Å². The zero-order chi connectivity index (χ0) is 17.9. The number of hydrogen-bond donors (Lipinski definition) is 0. The Kier molecular flexibility index (Phi) is 5.88. The lowest BCUT2D eigenvalue weighted by Crippen LogP contribution is -2.22. The maximum Gasteiger partial charge on any atom is 0.611 e. The smallest absolute Gasteiger partial charge is 0.338 e. The van der Waals surface area contributed by atoms with Crippen LogP contribution in [0, 0.1) is 26.2 Å². The maximum atomic E-state index is 14.9. The molecule has 0 amide bonds. The van der Waals surface area contributed by atoms with E-state index in [4.69, 9.17) is 6.42 Å². The molecule has 1 aliphatic heterocycles. The summed E-state index contributed by atoms with van der Waals surface area (Å²) in [4.78, 5) is 4.22. The van der Waals surface area contributed by atoms with Crippen LogP contribution in [0.3, 0.4) is 0 Å². The number of nitrogens with zero attached hydrogens (tertiary/aromatic N) is 2. The van der Waals surface area contributed by atoms with Gasteiger partial charge in [-0.3, -0.25) is 9.22 Å². The largest absolute Gasteiger partial charge is 0.611 e. The molecule has 0 spiro atoms. The first kappa shape index (κ1) is 18.3. The molecule has 2 heterocycles. The Hall–Kier alpha value is -2.02. The van der Waals surface area contributed by atoms with Gasteiger partial charge in [0.1, 0.15) is 0 Å². The number of allylic oxidation sites excluding steroid dienone is 4. The molecule has 0 bridgehead atoms. The van der Waals surface area contributed by atoms with Gasteiger partial charge < -0.3 is 4.48 Å². The molecule has 0 aliphatic carbocycles. The van der Waals surface area contributed by atoms with Crippen molar-refractivity contribution in [2.24, 2.45) is 4.90 Å². The van der Waals surface area contributed by atoms with Crippen LogP contribution in [-0.4, -0.2) is 17.4 Å². The average Bonchev–Trinajstić information content (AvgIpc) is 2.81. The fourth-order valence-electron chi connectivity index (χ4n) is 3.41. The van der Waals surface area contributed by atoms with Crippen LogP contribution in [0.4, 0.5) is 4.32 Å². The van der Waals surface area contributed by atoms with E-state index in [9.17, 15) is 4.32 Å². The molecule has 0 aromatic carbocycles. The highest BCUT2D eigenvalue weighted by Gasteiger charge is 2.27. The van der Waals surface area contributed by atoms with E-state index in [0.29, 0.717) is 5.71 Å². The van der Waals surface area contributed by atoms with Gasteiger partial charge in [-0.1, -0.05) is 0 Å². The number of aryl methyl sites for hydroxylation is 2. The first-order chi connectivity index (χ1) is 11.4. The maximum absolute atomic E-state index is 14.9. The highest BCUT2D eigenvalue weighted by Crippen LogP contribution is 2.33. The second-order valence-corrected chi connectivity index (χ2v) is 6.61. The fraction of sp³-hybridized carbons (Fsp3) is 0.450. The second kappa shape index (κ2) is 7.70. The quantitative estimate of drug-likeness (QED) is 0.406. The van der Waals surface area contributed by atoms with Crippen LogP contribution >= 0.6 is 0 Å². The van der Waals surface area contributed by atoms with E-state index in [-0.39, 0.29) is 0 Å². The van der Waals surface area contributed by atoms with Gasteiger partial charge >= 0.3 is 7.26 Å². The number of unbranched alkanes of at least 4 members (excludes halogenated alkanes) is 2. The lowest BCUT2D eigenvalue weighted by atomic mass is 9.92. The second-order valence-electron chi connectivity index (χ2n) is 6.61. The van der Waals surface area contributed by atoms with E-state index < -0.39 is 7.26 Å². The van der Waals surface area contributed by atoms with Gasteiger partial charge in [0.15, 0.2) is 0 Å². The highest BCUT2D eigenvalue weighted by molar-refractivity contribution is 6.50. The predicted octanol–water partition coefficient (Wildman–Crippen LogP) is 5.30. The number of hydrogen-bond acceptors (Lipinski definition) is 1. The Bertz CT molecular complexity index is 759. The molecule has 0 saturated heterocycles. The van der Waals surface area contributed by atoms with Crippen LogP contribution < -0.4 is 0 Å². The summed E-state index contributed by atoms with van der Waals surface area (Å²) in [6.45, 7) is 10.0. The molecule has 0 radical (unpaired) electrons. The summed E-state index contributed by atoms with van der Waals surface area (Å²) in [7, 11) is -1.38. The van der Waals surface area contributed by atoms with E-state index in [0.717, 1.165) is 48.2 Å². The van der Waals surface area contributed by atoms with Gasteiger partial charge in [0.2, 0.25) is 0 Å². The molecule has 2 nitrogen and oxygen atoms in total. The summed E-state index contributed by atoms with van der Waals surface area (Å²) in [6.07, 6.45) is 11.0. The summed E-state index contributed by atoms with van der Waals surface area (Å²) < 4.78 is 16.6. The predicted molar refractivity (Wildman–Crippen MR) is 103 cm³/mol. The monoisotopic (exact) mass is 324 g/mol. The van der Waals surface area contributed by atoms with Crippen molar-refractivity contribution in [1.29, 1.82) is 0 Å². The SMILES string of the molecule is C#CCCCC\C1=C(C)/C(C)=C\C(C)=N\B(F)n2c(C)cc(C)c21. The molecule has 1 aliphatic rings. The molecule has 0 N–H and O–H groups in total. The van der Waals surface area contributed by atoms with Crippen molar-refractivity contribution in [2.45, 2.75) is 60.3 Å². The molecule has 0 unspecified atom stereocenters. The van der Waals surface area contributed by atoms with Crippen molar-refractivity contribution in [3.05, 3.63) is 40.2 Å². The van der Waals surface area contributed by atoms with E-state index >= 15 is 0 Å². The molecule has 0 saturated carbocycles. The van der Waals surface area contributed by atoms with Crippen molar-refractivity contribution in [3.8, 4) is 12.3 Å². The zero-order valence-corrected chi connectivity index (χ0v) is 15.4. The lowest BCUT2D eigenvalue weighted by Gasteiger charge is -2.17. The van der Waals surface area contributed by atoms with Crippen LogP contribution in [0.1, 0.15) is 63.4 Å². The Labute approximate surface area is 145 Å². The van der Waals surface area contributed by atoms with Crippen molar-refractivity contribution < 1.29 is 4.32 Å². The molecule has 24 heavy (non-hydrogen) atoms. The topological polar surface area (TPSA) is 17.3 Å². The first-order valence-electron chi connectivity index (χ1n) is 8.56. The number of aromatic nitrogens is 1. The molecule has 1 aromatic heterocycles. The van der Waals surface area contributed by atoms with Crippen LogP contribution in [-0.2, 0) is 0 Å². The number of halogens is 1. The van der Waals surface area contributed by atoms with Gasteiger partial charge in [0, 0.05) is 23.5 Å². The van der Waals surface area contributed by atoms with Crippen LogP contribution in [0.2, 0.25) is 0 Å². The third-order valence-corrected chi connectivity index (χ3v) is 4.70. The van der Waals surface area contributed by atoms with E-state index in [1.54, 1.807) is 4.48 Å². The molecule has 2 rings (SSSR count). The third-order valence-electron chi connectivity index (χ3n) is 4.70. The molecule has 0 fully saturated rings. The normalized spacial score (nSPS) is 22.5. The summed E-state index contributed by atoms with van der Waals surface area (Å²) in [6, 6.07) is 2.04. The van der Waals surface area contributed by atoms with Gasteiger partial charge in [-0.2, -0.15) is 0 Å². The average molecular weight is 324 g/mol. The van der Waals surface area contributed by atoms with E-state index in [1.807, 2.05) is 32.9 Å². The fourth-order valence-corrected chi connectivity index (χ4v) is 3.41. The molecule has 126 valence electrons. The Morgan fingerprint density at radius 1 is 1.21 bits per heavy atom. The summed E-state index contributed by atoms with van der Waals surface area (Å²) in [5.41, 5.74) is 7.25. The zero-order valence-electron chi connectivity index (χ0n) is 15.4. The molecular weight excluding hydrogens is 298 g/mol. The number of fused-ring (bicyclic) bond motifs is 1. The Morgan fingerprint density at radius 2 is 1.92 bits per heavy atom. The Balaban J connectivity index is 2.61. The van der Waals surface area contributed by atoms with Crippen molar-refractivity contribution in [3.63, 3.8) is 0 Å². The van der Waals surface area contributed by atoms with Gasteiger partial charge in [0.25, 0.3) is 0 Å². The molecule has 0 atom stereocenters.